The Balaban J connectivity index is 2.36. The van der Waals surface area contributed by atoms with Gasteiger partial charge in [-0.2, -0.15) is 0 Å². The van der Waals surface area contributed by atoms with Crippen LogP contribution in [-0.4, -0.2) is 18.2 Å². The van der Waals surface area contributed by atoms with Crippen LogP contribution in [0.4, 0.5) is 0 Å². The van der Waals surface area contributed by atoms with Gasteiger partial charge in [-0.3, -0.25) is 0 Å². The summed E-state index contributed by atoms with van der Waals surface area (Å²) in [6, 6.07) is 0. The number of rotatable bonds is 1. The molecule has 2 nitrogen and oxygen atoms in total. The maximum Gasteiger partial charge on any atom is 0.0983 e. The van der Waals surface area contributed by atoms with Crippen LogP contribution < -0.4 is 5.73 Å². The molecule has 0 aliphatic carbocycles. The molecule has 0 spiro atoms. The van der Waals surface area contributed by atoms with Crippen molar-refractivity contribution < 1.29 is 4.74 Å². The topological polar surface area (TPSA) is 38.5 Å². The van der Waals surface area contributed by atoms with E-state index < -0.39 is 0 Å². The third-order valence-corrected chi connectivity index (χ3v) is 1.16. The molecule has 1 aliphatic heterocycles. The van der Waals surface area contributed by atoms with Crippen LogP contribution in [0.25, 0.3) is 0 Å². The van der Waals surface area contributed by atoms with Crippen molar-refractivity contribution in [2.45, 2.75) is 25.5 Å². The second-order valence-corrected chi connectivity index (χ2v) is 2.64. The maximum absolute atomic E-state index is 5.62. The zero-order valence-corrected chi connectivity index (χ0v) is 4.77. The van der Waals surface area contributed by atoms with Crippen LogP contribution in [0.2, 0.25) is 0 Å². The van der Waals surface area contributed by atoms with Crippen molar-refractivity contribution in [2.24, 2.45) is 5.73 Å². The number of epoxide rings is 1. The van der Waals surface area contributed by atoms with Gasteiger partial charge in [-0.25, -0.2) is 0 Å². The Morgan fingerprint density at radius 3 is 2.14 bits per heavy atom. The van der Waals surface area contributed by atoms with Gasteiger partial charge >= 0.3 is 0 Å². The molecule has 0 aromatic carbocycles. The maximum atomic E-state index is 5.62. The Bertz CT molecular complexity index is 70.6. The largest absolute Gasteiger partial charge is 0.371 e. The average Bonchev–Trinajstić information content (AvgIpc) is 1.99. The zero-order valence-electron chi connectivity index (χ0n) is 4.77. The van der Waals surface area contributed by atoms with E-state index in [1.165, 1.54) is 0 Å². The summed E-state index contributed by atoms with van der Waals surface area (Å²) < 4.78 is 4.95. The van der Waals surface area contributed by atoms with Crippen molar-refractivity contribution in [2.75, 3.05) is 6.61 Å². The number of nitrogens with two attached hydrogens (primary N) is 1. The quantitative estimate of drug-likeness (QED) is 0.476. The third-order valence-electron chi connectivity index (χ3n) is 1.16. The molecule has 1 atom stereocenters. The van der Waals surface area contributed by atoms with Crippen LogP contribution in [0, 0.1) is 0 Å². The Kier molecular flexibility index (Phi) is 0.869. The summed E-state index contributed by atoms with van der Waals surface area (Å²) in [6.45, 7) is 4.80. The fraction of sp³-hybridized carbons (Fsp3) is 1.00. The molecule has 1 unspecified atom stereocenters. The van der Waals surface area contributed by atoms with Gasteiger partial charge in [0.1, 0.15) is 0 Å². The van der Waals surface area contributed by atoms with Crippen molar-refractivity contribution >= 4 is 0 Å². The Hall–Kier alpha value is -0.0800. The minimum absolute atomic E-state index is 0.111. The molecule has 1 heterocycles. The van der Waals surface area contributed by atoms with Crippen LogP contribution >= 0.6 is 0 Å². The van der Waals surface area contributed by atoms with E-state index in [0.29, 0.717) is 6.10 Å². The lowest BCUT2D eigenvalue weighted by Crippen LogP contribution is -2.38. The predicted molar refractivity (Wildman–Crippen MR) is 28.0 cm³/mol. The van der Waals surface area contributed by atoms with Gasteiger partial charge in [0.2, 0.25) is 0 Å². The van der Waals surface area contributed by atoms with Gasteiger partial charge < -0.3 is 10.5 Å². The second kappa shape index (κ2) is 1.20. The highest BCUT2D eigenvalue weighted by molar-refractivity contribution is 4.90. The van der Waals surface area contributed by atoms with Gasteiger partial charge in [0.25, 0.3) is 0 Å². The smallest absolute Gasteiger partial charge is 0.0983 e. The molecule has 7 heavy (non-hydrogen) atoms. The number of hydrogen-bond donors (Lipinski definition) is 1. The van der Waals surface area contributed by atoms with E-state index >= 15 is 0 Å². The standard InChI is InChI=1S/C5H11NO/c1-5(2,6)4-3-7-4/h4H,3,6H2,1-2H3. The van der Waals surface area contributed by atoms with Crippen LogP contribution in [-0.2, 0) is 4.74 Å². The Morgan fingerprint density at radius 1 is 1.71 bits per heavy atom. The molecular formula is C5H11NO. The van der Waals surface area contributed by atoms with Gasteiger partial charge in [0.05, 0.1) is 12.7 Å². The van der Waals surface area contributed by atoms with E-state index in [2.05, 4.69) is 0 Å². The van der Waals surface area contributed by atoms with Crippen molar-refractivity contribution in [3.63, 3.8) is 0 Å². The van der Waals surface area contributed by atoms with E-state index in [0.717, 1.165) is 6.61 Å². The molecule has 2 N–H and O–H groups in total. The summed E-state index contributed by atoms with van der Waals surface area (Å²) >= 11 is 0. The lowest BCUT2D eigenvalue weighted by molar-refractivity contribution is 0.320. The van der Waals surface area contributed by atoms with E-state index in [1.54, 1.807) is 0 Å². The molecule has 1 aliphatic rings. The Labute approximate surface area is 43.6 Å². The summed E-state index contributed by atoms with van der Waals surface area (Å²) in [5, 5.41) is 0. The molecule has 0 aromatic rings. The van der Waals surface area contributed by atoms with Crippen molar-refractivity contribution in [1.29, 1.82) is 0 Å². The van der Waals surface area contributed by atoms with E-state index in [1.807, 2.05) is 13.8 Å². The van der Waals surface area contributed by atoms with Crippen molar-refractivity contribution in [1.82, 2.24) is 0 Å². The fourth-order valence-corrected chi connectivity index (χ4v) is 0.478. The third kappa shape index (κ3) is 1.14. The molecule has 0 saturated carbocycles. The minimum Gasteiger partial charge on any atom is -0.371 e. The lowest BCUT2D eigenvalue weighted by Gasteiger charge is -2.12. The zero-order chi connectivity index (χ0) is 5.49. The monoisotopic (exact) mass is 101 g/mol. The Morgan fingerprint density at radius 2 is 2.14 bits per heavy atom. The first-order valence-corrected chi connectivity index (χ1v) is 2.51. The van der Waals surface area contributed by atoms with Gasteiger partial charge in [0, 0.05) is 5.54 Å². The predicted octanol–water partition coefficient (Wildman–Crippen LogP) is 0.122. The molecule has 1 fully saturated rings. The molecule has 0 aromatic heterocycles. The van der Waals surface area contributed by atoms with Gasteiger partial charge in [-0.1, -0.05) is 0 Å². The summed E-state index contributed by atoms with van der Waals surface area (Å²) in [6.07, 6.45) is 0.326. The van der Waals surface area contributed by atoms with Gasteiger partial charge in [0.15, 0.2) is 0 Å². The molecule has 1 saturated heterocycles. The van der Waals surface area contributed by atoms with Gasteiger partial charge in [-0.15, -0.1) is 0 Å². The molecule has 0 radical (unpaired) electrons. The number of ether oxygens (including phenoxy) is 1. The summed E-state index contributed by atoms with van der Waals surface area (Å²) in [5.74, 6) is 0. The summed E-state index contributed by atoms with van der Waals surface area (Å²) in [5.41, 5.74) is 5.50. The molecule has 1 rings (SSSR count). The lowest BCUT2D eigenvalue weighted by atomic mass is 10.0. The first-order chi connectivity index (χ1) is 3.11. The minimum atomic E-state index is -0.111. The first-order valence-electron chi connectivity index (χ1n) is 2.51. The van der Waals surface area contributed by atoms with Crippen LogP contribution in [0.1, 0.15) is 13.8 Å². The van der Waals surface area contributed by atoms with E-state index in [9.17, 15) is 0 Å². The highest BCUT2D eigenvalue weighted by Crippen LogP contribution is 2.20. The summed E-state index contributed by atoms with van der Waals surface area (Å²) in [7, 11) is 0. The highest BCUT2D eigenvalue weighted by atomic mass is 16.6. The summed E-state index contributed by atoms with van der Waals surface area (Å²) in [4.78, 5) is 0. The molecule has 42 valence electrons. The average molecular weight is 101 g/mol. The normalized spacial score (nSPS) is 30.4. The second-order valence-electron chi connectivity index (χ2n) is 2.64. The number of hydrogen-bond acceptors (Lipinski definition) is 2. The van der Waals surface area contributed by atoms with Crippen LogP contribution in [0.5, 0.6) is 0 Å². The molecule has 0 bridgehead atoms. The highest BCUT2D eigenvalue weighted by Gasteiger charge is 2.35. The van der Waals surface area contributed by atoms with E-state index in [4.69, 9.17) is 10.5 Å². The van der Waals surface area contributed by atoms with Crippen LogP contribution in [0.3, 0.4) is 0 Å². The van der Waals surface area contributed by atoms with Gasteiger partial charge in [-0.05, 0) is 13.8 Å². The van der Waals surface area contributed by atoms with E-state index in [-0.39, 0.29) is 5.54 Å². The molecular weight excluding hydrogens is 90.1 g/mol. The van der Waals surface area contributed by atoms with Crippen LogP contribution in [0.15, 0.2) is 0 Å². The molecule has 0 amide bonds. The first kappa shape index (κ1) is 5.06. The fourth-order valence-electron chi connectivity index (χ4n) is 0.478. The van der Waals surface area contributed by atoms with Crippen molar-refractivity contribution in [3.8, 4) is 0 Å². The van der Waals surface area contributed by atoms with Crippen molar-refractivity contribution in [3.05, 3.63) is 0 Å². The molecule has 2 heteroatoms. The SMILES string of the molecule is CC(C)(N)C1CO1.